The quantitative estimate of drug-likeness (QED) is 0.668. The normalized spacial score (nSPS) is 12.0. The smallest absolute Gasteiger partial charge is 0.0849 e. The van der Waals surface area contributed by atoms with Crippen LogP contribution in [0.5, 0.6) is 0 Å². The summed E-state index contributed by atoms with van der Waals surface area (Å²) in [6, 6.07) is 5.76. The Bertz CT molecular complexity index is 250. The lowest BCUT2D eigenvalue weighted by Gasteiger charge is -2.03. The van der Waals surface area contributed by atoms with Crippen molar-refractivity contribution in [3.63, 3.8) is 0 Å². The van der Waals surface area contributed by atoms with Gasteiger partial charge in [0, 0.05) is 18.9 Å². The first-order valence-corrected chi connectivity index (χ1v) is 3.38. The van der Waals surface area contributed by atoms with Crippen molar-refractivity contribution in [3.05, 3.63) is 30.1 Å². The fraction of sp³-hybridized carbons (Fsp3) is 0.250. The molecule has 0 bridgehead atoms. The standard InChI is InChI=1S/C8H9N3/c9-4-8(5-10)7-2-1-3-11-6-7/h1-3,6,8H,4,9H2. The van der Waals surface area contributed by atoms with Crippen LogP contribution >= 0.6 is 0 Å². The van der Waals surface area contributed by atoms with E-state index in [1.54, 1.807) is 18.5 Å². The van der Waals surface area contributed by atoms with Crippen LogP contribution in [-0.4, -0.2) is 11.5 Å². The summed E-state index contributed by atoms with van der Waals surface area (Å²) < 4.78 is 0. The molecule has 11 heavy (non-hydrogen) atoms. The largest absolute Gasteiger partial charge is 0.329 e. The minimum atomic E-state index is -0.219. The lowest BCUT2D eigenvalue weighted by Crippen LogP contribution is -2.10. The number of nitrogens with zero attached hydrogens (tertiary/aromatic N) is 2. The molecule has 56 valence electrons. The van der Waals surface area contributed by atoms with Crippen molar-refractivity contribution in [2.24, 2.45) is 5.73 Å². The zero-order valence-electron chi connectivity index (χ0n) is 6.07. The summed E-state index contributed by atoms with van der Waals surface area (Å²) in [5, 5.41) is 8.62. The Labute approximate surface area is 65.5 Å². The number of hydrogen-bond acceptors (Lipinski definition) is 3. The highest BCUT2D eigenvalue weighted by Crippen LogP contribution is 2.10. The van der Waals surface area contributed by atoms with Crippen molar-refractivity contribution in [2.45, 2.75) is 5.92 Å². The Morgan fingerprint density at radius 2 is 2.55 bits per heavy atom. The summed E-state index contributed by atoms with van der Waals surface area (Å²) in [5.74, 6) is -0.219. The van der Waals surface area contributed by atoms with Gasteiger partial charge in [0.1, 0.15) is 0 Å². The van der Waals surface area contributed by atoms with Crippen molar-refractivity contribution in [1.29, 1.82) is 5.26 Å². The van der Waals surface area contributed by atoms with E-state index < -0.39 is 0 Å². The minimum Gasteiger partial charge on any atom is -0.329 e. The molecular weight excluding hydrogens is 138 g/mol. The van der Waals surface area contributed by atoms with Crippen molar-refractivity contribution >= 4 is 0 Å². The molecule has 0 aliphatic rings. The lowest BCUT2D eigenvalue weighted by atomic mass is 10.0. The second-order valence-electron chi connectivity index (χ2n) is 2.20. The van der Waals surface area contributed by atoms with Crippen LogP contribution in [0.25, 0.3) is 0 Å². The fourth-order valence-corrected chi connectivity index (χ4v) is 0.845. The van der Waals surface area contributed by atoms with Gasteiger partial charge < -0.3 is 5.73 Å². The zero-order valence-corrected chi connectivity index (χ0v) is 6.07. The molecule has 1 aromatic heterocycles. The summed E-state index contributed by atoms with van der Waals surface area (Å²) in [6.07, 6.45) is 3.34. The Balaban J connectivity index is 2.85. The van der Waals surface area contributed by atoms with Crippen LogP contribution in [0.15, 0.2) is 24.5 Å². The molecule has 0 amide bonds. The summed E-state index contributed by atoms with van der Waals surface area (Å²) in [6.45, 7) is 0.349. The van der Waals surface area contributed by atoms with E-state index in [9.17, 15) is 0 Å². The van der Waals surface area contributed by atoms with E-state index in [0.717, 1.165) is 5.56 Å². The van der Waals surface area contributed by atoms with Gasteiger partial charge in [0.25, 0.3) is 0 Å². The summed E-state index contributed by atoms with van der Waals surface area (Å²) in [4.78, 5) is 3.89. The molecule has 1 rings (SSSR count). The molecule has 0 radical (unpaired) electrons. The number of nitriles is 1. The van der Waals surface area contributed by atoms with Crippen LogP contribution in [0.2, 0.25) is 0 Å². The third-order valence-electron chi connectivity index (χ3n) is 1.48. The second-order valence-corrected chi connectivity index (χ2v) is 2.20. The van der Waals surface area contributed by atoms with Crippen LogP contribution in [0.1, 0.15) is 11.5 Å². The van der Waals surface area contributed by atoms with Gasteiger partial charge in [-0.1, -0.05) is 6.07 Å². The van der Waals surface area contributed by atoms with Crippen LogP contribution in [0, 0.1) is 11.3 Å². The van der Waals surface area contributed by atoms with Gasteiger partial charge in [0.15, 0.2) is 0 Å². The van der Waals surface area contributed by atoms with Gasteiger partial charge in [0.2, 0.25) is 0 Å². The molecule has 0 fully saturated rings. The van der Waals surface area contributed by atoms with Crippen LogP contribution < -0.4 is 5.73 Å². The molecule has 1 aromatic rings. The van der Waals surface area contributed by atoms with Crippen LogP contribution in [0.4, 0.5) is 0 Å². The van der Waals surface area contributed by atoms with Crippen molar-refractivity contribution in [1.82, 2.24) is 4.98 Å². The SMILES string of the molecule is N#CC(CN)c1cccnc1. The van der Waals surface area contributed by atoms with Gasteiger partial charge in [0.05, 0.1) is 12.0 Å². The molecule has 0 aromatic carbocycles. The molecule has 1 heterocycles. The maximum absolute atomic E-state index is 8.62. The predicted octanol–water partition coefficient (Wildman–Crippen LogP) is 0.647. The second kappa shape index (κ2) is 3.69. The highest BCUT2D eigenvalue weighted by atomic mass is 14.6. The van der Waals surface area contributed by atoms with Crippen LogP contribution in [-0.2, 0) is 0 Å². The van der Waals surface area contributed by atoms with Gasteiger partial charge in [-0.05, 0) is 11.6 Å². The number of aromatic nitrogens is 1. The highest BCUT2D eigenvalue weighted by Gasteiger charge is 2.06. The van der Waals surface area contributed by atoms with E-state index in [4.69, 9.17) is 11.0 Å². The maximum atomic E-state index is 8.62. The molecule has 3 heteroatoms. The third-order valence-corrected chi connectivity index (χ3v) is 1.48. The fourth-order valence-electron chi connectivity index (χ4n) is 0.845. The molecule has 0 aliphatic carbocycles. The molecule has 3 nitrogen and oxygen atoms in total. The van der Waals surface area contributed by atoms with Gasteiger partial charge in [-0.3, -0.25) is 4.98 Å². The summed E-state index contributed by atoms with van der Waals surface area (Å²) >= 11 is 0. The summed E-state index contributed by atoms with van der Waals surface area (Å²) in [7, 11) is 0. The average Bonchev–Trinajstić information content (AvgIpc) is 2.09. The first kappa shape index (κ1) is 7.70. The number of hydrogen-bond donors (Lipinski definition) is 1. The number of pyridine rings is 1. The van der Waals surface area contributed by atoms with E-state index in [1.807, 2.05) is 6.07 Å². The first-order valence-electron chi connectivity index (χ1n) is 3.38. The van der Waals surface area contributed by atoms with Crippen molar-refractivity contribution < 1.29 is 0 Å². The van der Waals surface area contributed by atoms with E-state index in [0.29, 0.717) is 6.54 Å². The average molecular weight is 147 g/mol. The maximum Gasteiger partial charge on any atom is 0.0849 e. The first-order chi connectivity index (χ1) is 5.38. The lowest BCUT2D eigenvalue weighted by molar-refractivity contribution is 0.855. The molecule has 0 saturated carbocycles. The minimum absolute atomic E-state index is 0.219. The monoisotopic (exact) mass is 147 g/mol. The Morgan fingerprint density at radius 1 is 1.73 bits per heavy atom. The van der Waals surface area contributed by atoms with Gasteiger partial charge in [-0.15, -0.1) is 0 Å². The molecule has 0 aliphatic heterocycles. The zero-order chi connectivity index (χ0) is 8.10. The molecule has 1 unspecified atom stereocenters. The Hall–Kier alpha value is -1.40. The molecule has 0 saturated heterocycles. The van der Waals surface area contributed by atoms with Crippen molar-refractivity contribution in [3.8, 4) is 6.07 Å². The Kier molecular flexibility index (Phi) is 2.59. The summed E-state index contributed by atoms with van der Waals surface area (Å²) in [5.41, 5.74) is 6.25. The predicted molar refractivity (Wildman–Crippen MR) is 41.6 cm³/mol. The molecule has 2 N–H and O–H groups in total. The number of nitrogens with two attached hydrogens (primary N) is 1. The van der Waals surface area contributed by atoms with E-state index >= 15 is 0 Å². The molecule has 1 atom stereocenters. The third kappa shape index (κ3) is 1.76. The topological polar surface area (TPSA) is 62.7 Å². The van der Waals surface area contributed by atoms with Gasteiger partial charge in [-0.25, -0.2) is 0 Å². The number of rotatable bonds is 2. The highest BCUT2D eigenvalue weighted by molar-refractivity contribution is 5.21. The van der Waals surface area contributed by atoms with Gasteiger partial charge in [-0.2, -0.15) is 5.26 Å². The van der Waals surface area contributed by atoms with Gasteiger partial charge >= 0.3 is 0 Å². The van der Waals surface area contributed by atoms with Crippen molar-refractivity contribution in [2.75, 3.05) is 6.54 Å². The van der Waals surface area contributed by atoms with E-state index in [1.165, 1.54) is 0 Å². The van der Waals surface area contributed by atoms with E-state index in [-0.39, 0.29) is 5.92 Å². The van der Waals surface area contributed by atoms with E-state index in [2.05, 4.69) is 11.1 Å². The van der Waals surface area contributed by atoms with Crippen LogP contribution in [0.3, 0.4) is 0 Å². The molecular formula is C8H9N3. The Morgan fingerprint density at radius 3 is 3.00 bits per heavy atom. The molecule has 0 spiro atoms.